The summed E-state index contributed by atoms with van der Waals surface area (Å²) in [5.74, 6) is -2.70. The van der Waals surface area contributed by atoms with E-state index in [1.54, 1.807) is 6.92 Å². The largest absolute Gasteiger partial charge is 0.355 e. The molecule has 0 radical (unpaired) electrons. The van der Waals surface area contributed by atoms with Crippen LogP contribution in [0.5, 0.6) is 0 Å². The predicted molar refractivity (Wildman–Crippen MR) is 72.5 cm³/mol. The normalized spacial score (nSPS) is 13.1. The molecule has 0 saturated heterocycles. The lowest BCUT2D eigenvalue weighted by atomic mass is 10.3. The molecule has 1 atom stereocenters. The maximum absolute atomic E-state index is 13.6. The number of rotatable bonds is 5. The Morgan fingerprint density at radius 3 is 2.50 bits per heavy atom. The Hall–Kier alpha value is -1.06. The minimum absolute atomic E-state index is 0.259. The zero-order valence-corrected chi connectivity index (χ0v) is 13.1. The van der Waals surface area contributed by atoms with E-state index in [-0.39, 0.29) is 4.47 Å². The second-order valence-electron chi connectivity index (χ2n) is 3.94. The SMILES string of the molecule is CCNC(=O)C(C)NS(=O)(=O)c1c(F)cc(F)cc1Br. The van der Waals surface area contributed by atoms with Gasteiger partial charge < -0.3 is 5.32 Å². The second-order valence-corrected chi connectivity index (χ2v) is 6.44. The summed E-state index contributed by atoms with van der Waals surface area (Å²) in [5, 5.41) is 2.43. The molecule has 20 heavy (non-hydrogen) atoms. The van der Waals surface area contributed by atoms with Crippen molar-refractivity contribution in [3.05, 3.63) is 28.2 Å². The zero-order chi connectivity index (χ0) is 15.5. The molecule has 9 heteroatoms. The maximum atomic E-state index is 13.6. The fourth-order valence-electron chi connectivity index (χ4n) is 1.46. The third kappa shape index (κ3) is 3.97. The van der Waals surface area contributed by atoms with Crippen LogP contribution in [-0.4, -0.2) is 26.9 Å². The van der Waals surface area contributed by atoms with E-state index >= 15 is 0 Å². The topological polar surface area (TPSA) is 75.3 Å². The van der Waals surface area contributed by atoms with Gasteiger partial charge in [-0.2, -0.15) is 4.72 Å². The summed E-state index contributed by atoms with van der Waals surface area (Å²) < 4.78 is 52.4. The van der Waals surface area contributed by atoms with Crippen molar-refractivity contribution in [2.45, 2.75) is 24.8 Å². The van der Waals surface area contributed by atoms with E-state index in [0.29, 0.717) is 12.6 Å². The molecular weight excluding hydrogens is 358 g/mol. The van der Waals surface area contributed by atoms with Gasteiger partial charge in [-0.3, -0.25) is 4.79 Å². The molecule has 2 N–H and O–H groups in total. The third-order valence-electron chi connectivity index (χ3n) is 2.31. The van der Waals surface area contributed by atoms with Crippen molar-refractivity contribution >= 4 is 31.9 Å². The first-order chi connectivity index (χ1) is 9.19. The number of likely N-dealkylation sites (N-methyl/N-ethyl adjacent to an activating group) is 1. The van der Waals surface area contributed by atoms with E-state index in [1.165, 1.54) is 6.92 Å². The van der Waals surface area contributed by atoms with Crippen LogP contribution in [0.15, 0.2) is 21.5 Å². The van der Waals surface area contributed by atoms with Gasteiger partial charge in [0.15, 0.2) is 0 Å². The van der Waals surface area contributed by atoms with Crippen LogP contribution in [0, 0.1) is 11.6 Å². The maximum Gasteiger partial charge on any atom is 0.245 e. The molecule has 0 bridgehead atoms. The quantitative estimate of drug-likeness (QED) is 0.825. The molecule has 0 aromatic heterocycles. The molecule has 0 spiro atoms. The van der Waals surface area contributed by atoms with E-state index in [1.807, 2.05) is 4.72 Å². The predicted octanol–water partition coefficient (Wildman–Crippen LogP) is 1.53. The van der Waals surface area contributed by atoms with Crippen molar-refractivity contribution in [2.24, 2.45) is 0 Å². The Morgan fingerprint density at radius 2 is 2.00 bits per heavy atom. The van der Waals surface area contributed by atoms with Gasteiger partial charge in [0.1, 0.15) is 16.5 Å². The number of hydrogen-bond acceptors (Lipinski definition) is 3. The molecule has 0 aliphatic carbocycles. The summed E-state index contributed by atoms with van der Waals surface area (Å²) >= 11 is 2.79. The Kier molecular flexibility index (Phi) is 5.60. The average molecular weight is 371 g/mol. The van der Waals surface area contributed by atoms with Gasteiger partial charge in [0, 0.05) is 17.1 Å². The Balaban J connectivity index is 3.10. The number of sulfonamides is 1. The van der Waals surface area contributed by atoms with Gasteiger partial charge in [0.05, 0.1) is 6.04 Å². The van der Waals surface area contributed by atoms with Crippen molar-refractivity contribution in [1.29, 1.82) is 0 Å². The van der Waals surface area contributed by atoms with Crippen LogP contribution >= 0.6 is 15.9 Å². The monoisotopic (exact) mass is 370 g/mol. The summed E-state index contributed by atoms with van der Waals surface area (Å²) in [6.45, 7) is 3.33. The number of carbonyl (C=O) groups excluding carboxylic acids is 1. The van der Waals surface area contributed by atoms with Crippen LogP contribution in [0.3, 0.4) is 0 Å². The van der Waals surface area contributed by atoms with Gasteiger partial charge in [0.25, 0.3) is 0 Å². The van der Waals surface area contributed by atoms with Crippen LogP contribution in [0.2, 0.25) is 0 Å². The summed E-state index contributed by atoms with van der Waals surface area (Å²) in [6, 6.07) is 0.196. The lowest BCUT2D eigenvalue weighted by molar-refractivity contribution is -0.122. The van der Waals surface area contributed by atoms with Crippen molar-refractivity contribution < 1.29 is 22.0 Å². The minimum atomic E-state index is -4.30. The van der Waals surface area contributed by atoms with Crippen LogP contribution < -0.4 is 10.0 Å². The number of amides is 1. The van der Waals surface area contributed by atoms with Crippen LogP contribution in [0.4, 0.5) is 8.78 Å². The first-order valence-corrected chi connectivity index (χ1v) is 7.91. The van der Waals surface area contributed by atoms with Crippen LogP contribution in [-0.2, 0) is 14.8 Å². The fourth-order valence-corrected chi connectivity index (χ4v) is 3.83. The molecule has 1 rings (SSSR count). The molecule has 0 fully saturated rings. The summed E-state index contributed by atoms with van der Waals surface area (Å²) in [5.41, 5.74) is 0. The van der Waals surface area contributed by atoms with Gasteiger partial charge in [-0.05, 0) is 35.8 Å². The number of carbonyl (C=O) groups is 1. The molecule has 1 aromatic carbocycles. The molecule has 5 nitrogen and oxygen atoms in total. The van der Waals surface area contributed by atoms with Crippen LogP contribution in [0.1, 0.15) is 13.8 Å². The van der Waals surface area contributed by atoms with Crippen molar-refractivity contribution in [2.75, 3.05) is 6.54 Å². The highest BCUT2D eigenvalue weighted by Gasteiger charge is 2.27. The smallest absolute Gasteiger partial charge is 0.245 e. The van der Waals surface area contributed by atoms with Gasteiger partial charge in [-0.1, -0.05) is 0 Å². The highest BCUT2D eigenvalue weighted by molar-refractivity contribution is 9.10. The number of halogens is 3. The van der Waals surface area contributed by atoms with Crippen molar-refractivity contribution in [3.63, 3.8) is 0 Å². The zero-order valence-electron chi connectivity index (χ0n) is 10.7. The average Bonchev–Trinajstić information content (AvgIpc) is 2.26. The summed E-state index contributed by atoms with van der Waals surface area (Å²) in [7, 11) is -4.30. The highest BCUT2D eigenvalue weighted by atomic mass is 79.9. The molecule has 0 aliphatic rings. The van der Waals surface area contributed by atoms with Gasteiger partial charge in [-0.15, -0.1) is 0 Å². The standard InChI is InChI=1S/C11H13BrF2N2O3S/c1-3-15-11(17)6(2)16-20(18,19)10-8(12)4-7(13)5-9(10)14/h4-6,16H,3H2,1-2H3,(H,15,17). The molecule has 0 saturated carbocycles. The molecule has 112 valence electrons. The fraction of sp³-hybridized carbons (Fsp3) is 0.364. The summed E-state index contributed by atoms with van der Waals surface area (Å²) in [6.07, 6.45) is 0. The van der Waals surface area contributed by atoms with Crippen molar-refractivity contribution in [1.82, 2.24) is 10.0 Å². The van der Waals surface area contributed by atoms with Crippen molar-refractivity contribution in [3.8, 4) is 0 Å². The minimum Gasteiger partial charge on any atom is -0.355 e. The van der Waals surface area contributed by atoms with Gasteiger partial charge in [0.2, 0.25) is 15.9 Å². The first kappa shape index (κ1) is 17.0. The molecule has 1 amide bonds. The molecule has 0 aliphatic heterocycles. The number of benzene rings is 1. The van der Waals surface area contributed by atoms with Gasteiger partial charge in [-0.25, -0.2) is 17.2 Å². The second kappa shape index (κ2) is 6.59. The van der Waals surface area contributed by atoms with E-state index in [4.69, 9.17) is 0 Å². The lowest BCUT2D eigenvalue weighted by Gasteiger charge is -2.15. The van der Waals surface area contributed by atoms with Crippen LogP contribution in [0.25, 0.3) is 0 Å². The molecule has 1 unspecified atom stereocenters. The number of nitrogens with one attached hydrogen (secondary N) is 2. The number of hydrogen-bond donors (Lipinski definition) is 2. The van der Waals surface area contributed by atoms with E-state index in [2.05, 4.69) is 21.2 Å². The molecular formula is C11H13BrF2N2O3S. The first-order valence-electron chi connectivity index (χ1n) is 5.63. The molecule has 1 aromatic rings. The molecule has 0 heterocycles. The summed E-state index contributed by atoms with van der Waals surface area (Å²) in [4.78, 5) is 10.7. The Morgan fingerprint density at radius 1 is 1.40 bits per heavy atom. The van der Waals surface area contributed by atoms with E-state index < -0.39 is 38.5 Å². The lowest BCUT2D eigenvalue weighted by Crippen LogP contribution is -2.44. The highest BCUT2D eigenvalue weighted by Crippen LogP contribution is 2.26. The Labute approximate surface area is 123 Å². The van der Waals surface area contributed by atoms with Gasteiger partial charge >= 0.3 is 0 Å². The third-order valence-corrected chi connectivity index (χ3v) is 4.81. The van der Waals surface area contributed by atoms with E-state index in [0.717, 1.165) is 6.07 Å². The van der Waals surface area contributed by atoms with E-state index in [9.17, 15) is 22.0 Å². The Bertz CT molecular complexity index is 599.